The summed E-state index contributed by atoms with van der Waals surface area (Å²) >= 11 is 0. The minimum absolute atomic E-state index is 0.636. The van der Waals surface area contributed by atoms with Gasteiger partial charge in [-0.15, -0.1) is 5.92 Å². The van der Waals surface area contributed by atoms with Crippen LogP contribution in [0.25, 0.3) is 0 Å². The molecule has 0 N–H and O–H groups in total. The lowest BCUT2D eigenvalue weighted by Crippen LogP contribution is -1.82. The van der Waals surface area contributed by atoms with Crippen LogP contribution in [-0.2, 0) is 0 Å². The van der Waals surface area contributed by atoms with Gasteiger partial charge >= 0.3 is 0 Å². The molecule has 1 nitrogen and oxygen atoms in total. The highest BCUT2D eigenvalue weighted by atomic mass is 16.1. The Kier molecular flexibility index (Phi) is 4.17. The van der Waals surface area contributed by atoms with Crippen LogP contribution in [0.3, 0.4) is 0 Å². The van der Waals surface area contributed by atoms with Gasteiger partial charge in [0, 0.05) is 22.3 Å². The smallest absolute Gasteiger partial charge is 0.150 e. The summed E-state index contributed by atoms with van der Waals surface area (Å²) < 4.78 is 0. The summed E-state index contributed by atoms with van der Waals surface area (Å²) in [5, 5.41) is 0. The molecule has 0 aliphatic heterocycles. The second-order valence-corrected chi connectivity index (χ2v) is 3.95. The Morgan fingerprint density at radius 1 is 0.842 bits per heavy atom. The quantitative estimate of drug-likeness (QED) is 0.556. The Bertz CT molecular complexity index is 718. The van der Waals surface area contributed by atoms with Crippen LogP contribution in [-0.4, -0.2) is 6.29 Å². The highest BCUT2D eigenvalue weighted by molar-refractivity contribution is 5.75. The number of aldehydes is 1. The van der Waals surface area contributed by atoms with Gasteiger partial charge in [0.2, 0.25) is 0 Å². The molecule has 19 heavy (non-hydrogen) atoms. The molecule has 0 bridgehead atoms. The molecule has 0 aliphatic carbocycles. The van der Waals surface area contributed by atoms with Crippen LogP contribution in [0.5, 0.6) is 0 Å². The fraction of sp³-hybridized carbons (Fsp3) is 0.0556. The van der Waals surface area contributed by atoms with Crippen molar-refractivity contribution in [3.63, 3.8) is 0 Å². The van der Waals surface area contributed by atoms with Crippen LogP contribution in [0.2, 0.25) is 0 Å². The van der Waals surface area contributed by atoms with Crippen LogP contribution in [0.15, 0.2) is 48.5 Å². The maximum absolute atomic E-state index is 10.7. The van der Waals surface area contributed by atoms with Gasteiger partial charge in [-0.05, 0) is 37.3 Å². The standard InChI is InChI=1S/C18H12O/c1-2-5-15-6-3-7-16(12-15)10-11-17-8-4-9-18(13-17)14-19/h3-4,6-9,12-14H,1H3. The second kappa shape index (κ2) is 6.24. The lowest BCUT2D eigenvalue weighted by molar-refractivity contribution is 0.112. The summed E-state index contributed by atoms with van der Waals surface area (Å²) in [6.07, 6.45) is 0.822. The van der Waals surface area contributed by atoms with Gasteiger partial charge in [-0.3, -0.25) is 4.79 Å². The van der Waals surface area contributed by atoms with Gasteiger partial charge in [-0.2, -0.15) is 0 Å². The molecule has 0 fully saturated rings. The van der Waals surface area contributed by atoms with E-state index in [1.54, 1.807) is 12.1 Å². The number of benzene rings is 2. The van der Waals surface area contributed by atoms with Crippen LogP contribution < -0.4 is 0 Å². The third-order valence-electron chi connectivity index (χ3n) is 2.51. The van der Waals surface area contributed by atoms with Crippen molar-refractivity contribution in [3.05, 3.63) is 70.8 Å². The third kappa shape index (κ3) is 3.60. The SMILES string of the molecule is CC#Cc1cccc(C#Cc2cccc(C=O)c2)c1. The molecule has 0 aliphatic rings. The van der Waals surface area contributed by atoms with E-state index in [1.807, 2.05) is 43.3 Å². The lowest BCUT2D eigenvalue weighted by Gasteiger charge is -1.93. The highest BCUT2D eigenvalue weighted by Gasteiger charge is 1.92. The molecule has 2 aromatic carbocycles. The van der Waals surface area contributed by atoms with Crippen molar-refractivity contribution in [2.24, 2.45) is 0 Å². The monoisotopic (exact) mass is 244 g/mol. The van der Waals surface area contributed by atoms with Crippen LogP contribution in [0.4, 0.5) is 0 Å². The van der Waals surface area contributed by atoms with Crippen molar-refractivity contribution in [2.75, 3.05) is 0 Å². The van der Waals surface area contributed by atoms with Gasteiger partial charge in [0.05, 0.1) is 0 Å². The van der Waals surface area contributed by atoms with Crippen molar-refractivity contribution in [3.8, 4) is 23.7 Å². The van der Waals surface area contributed by atoms with Gasteiger partial charge in [0.25, 0.3) is 0 Å². The molecule has 0 amide bonds. The van der Waals surface area contributed by atoms with Crippen molar-refractivity contribution in [1.82, 2.24) is 0 Å². The van der Waals surface area contributed by atoms with E-state index in [0.717, 1.165) is 23.0 Å². The van der Waals surface area contributed by atoms with Gasteiger partial charge < -0.3 is 0 Å². The van der Waals surface area contributed by atoms with Crippen molar-refractivity contribution < 1.29 is 4.79 Å². The maximum Gasteiger partial charge on any atom is 0.150 e. The highest BCUT2D eigenvalue weighted by Crippen LogP contribution is 2.05. The predicted octanol–water partition coefficient (Wildman–Crippen LogP) is 3.27. The number of hydrogen-bond acceptors (Lipinski definition) is 1. The molecular weight excluding hydrogens is 232 g/mol. The molecular formula is C18H12O. The van der Waals surface area contributed by atoms with E-state index in [1.165, 1.54) is 0 Å². The summed E-state index contributed by atoms with van der Waals surface area (Å²) in [5.41, 5.74) is 3.33. The molecule has 2 rings (SSSR count). The van der Waals surface area contributed by atoms with E-state index in [2.05, 4.69) is 23.7 Å². The Morgan fingerprint density at radius 2 is 1.42 bits per heavy atom. The topological polar surface area (TPSA) is 17.1 Å². The maximum atomic E-state index is 10.7. The number of hydrogen-bond donors (Lipinski definition) is 0. The average Bonchev–Trinajstić information content (AvgIpc) is 2.46. The van der Waals surface area contributed by atoms with Crippen molar-refractivity contribution in [2.45, 2.75) is 6.92 Å². The molecule has 0 heterocycles. The van der Waals surface area contributed by atoms with E-state index < -0.39 is 0 Å². The molecule has 0 spiro atoms. The summed E-state index contributed by atoms with van der Waals surface area (Å²) in [7, 11) is 0. The molecule has 90 valence electrons. The lowest BCUT2D eigenvalue weighted by atomic mass is 10.1. The van der Waals surface area contributed by atoms with Crippen LogP contribution >= 0.6 is 0 Å². The summed E-state index contributed by atoms with van der Waals surface area (Å²) in [5.74, 6) is 12.0. The molecule has 0 unspecified atom stereocenters. The first kappa shape index (κ1) is 12.7. The summed E-state index contributed by atoms with van der Waals surface area (Å²) in [6.45, 7) is 1.81. The predicted molar refractivity (Wildman–Crippen MR) is 76.8 cm³/mol. The first-order chi connectivity index (χ1) is 9.31. The molecule has 2 aromatic rings. The fourth-order valence-electron chi connectivity index (χ4n) is 1.65. The van der Waals surface area contributed by atoms with E-state index in [-0.39, 0.29) is 0 Å². The zero-order valence-corrected chi connectivity index (χ0v) is 10.6. The Morgan fingerprint density at radius 3 is 2.05 bits per heavy atom. The summed E-state index contributed by atoms with van der Waals surface area (Å²) in [4.78, 5) is 10.7. The third-order valence-corrected chi connectivity index (χ3v) is 2.51. The van der Waals surface area contributed by atoms with Crippen molar-refractivity contribution in [1.29, 1.82) is 0 Å². The van der Waals surface area contributed by atoms with Gasteiger partial charge in [-0.1, -0.05) is 36.0 Å². The fourth-order valence-corrected chi connectivity index (χ4v) is 1.65. The van der Waals surface area contributed by atoms with E-state index in [0.29, 0.717) is 5.56 Å². The number of carbonyl (C=O) groups excluding carboxylic acids is 1. The summed E-state index contributed by atoms with van der Waals surface area (Å²) in [6, 6.07) is 15.0. The molecule has 0 saturated carbocycles. The Labute approximate surface area is 113 Å². The van der Waals surface area contributed by atoms with E-state index in [9.17, 15) is 4.79 Å². The number of carbonyl (C=O) groups is 1. The van der Waals surface area contributed by atoms with Crippen LogP contribution in [0, 0.1) is 23.7 Å². The average molecular weight is 244 g/mol. The molecule has 0 aromatic heterocycles. The van der Waals surface area contributed by atoms with E-state index in [4.69, 9.17) is 0 Å². The van der Waals surface area contributed by atoms with Gasteiger partial charge in [-0.25, -0.2) is 0 Å². The van der Waals surface area contributed by atoms with Crippen LogP contribution in [0.1, 0.15) is 34.0 Å². The minimum Gasteiger partial charge on any atom is -0.298 e. The molecule has 1 heteroatoms. The zero-order valence-electron chi connectivity index (χ0n) is 10.6. The van der Waals surface area contributed by atoms with Gasteiger partial charge in [0.15, 0.2) is 0 Å². The Balaban J connectivity index is 2.29. The second-order valence-electron chi connectivity index (χ2n) is 3.95. The molecule has 0 atom stereocenters. The largest absolute Gasteiger partial charge is 0.298 e. The van der Waals surface area contributed by atoms with Gasteiger partial charge in [0.1, 0.15) is 6.29 Å². The minimum atomic E-state index is 0.636. The zero-order chi connectivity index (χ0) is 13.5. The first-order valence-corrected chi connectivity index (χ1v) is 5.92. The number of rotatable bonds is 1. The van der Waals surface area contributed by atoms with E-state index >= 15 is 0 Å². The molecule has 0 saturated heterocycles. The first-order valence-electron chi connectivity index (χ1n) is 5.92. The Hall–Kier alpha value is -2.77. The molecule has 0 radical (unpaired) electrons. The normalized spacial score (nSPS) is 8.68. The van der Waals surface area contributed by atoms with Crippen molar-refractivity contribution >= 4 is 6.29 Å².